The third kappa shape index (κ3) is 5.40. The van der Waals surface area contributed by atoms with E-state index in [9.17, 15) is 14.0 Å². The fourth-order valence-electron chi connectivity index (χ4n) is 3.33. The standard InChI is InChI=1S/C23H28FN3O2/c1-13(2)9-14(3)26-22(28)16-5-8-21(25-12-16)19-10-17(11-20(24)15(19)4)23(29)27-18-6-7-18/h5,8,10-14,18H,6-7,9H2,1-4H3,(H,26,28)(H,27,29). The van der Waals surface area contributed by atoms with Crippen LogP contribution in [0.15, 0.2) is 30.5 Å². The van der Waals surface area contributed by atoms with E-state index in [1.807, 2.05) is 6.92 Å². The SMILES string of the molecule is Cc1c(F)cc(C(=O)NC2CC2)cc1-c1ccc(C(=O)NC(C)CC(C)C)cn1. The number of hydrogen-bond donors (Lipinski definition) is 2. The minimum absolute atomic E-state index is 0.0696. The Bertz CT molecular complexity index is 905. The van der Waals surface area contributed by atoms with E-state index >= 15 is 0 Å². The van der Waals surface area contributed by atoms with Crippen molar-refractivity contribution in [1.82, 2.24) is 15.6 Å². The van der Waals surface area contributed by atoms with Crippen LogP contribution in [-0.2, 0) is 0 Å². The van der Waals surface area contributed by atoms with Crippen LogP contribution in [0, 0.1) is 18.7 Å². The number of hydrogen-bond acceptors (Lipinski definition) is 3. The average Bonchev–Trinajstić information content (AvgIpc) is 3.47. The first kappa shape index (κ1) is 21.0. The lowest BCUT2D eigenvalue weighted by Gasteiger charge is -2.16. The van der Waals surface area contributed by atoms with E-state index in [2.05, 4.69) is 29.5 Å². The highest BCUT2D eigenvalue weighted by Crippen LogP contribution is 2.26. The lowest BCUT2D eigenvalue weighted by Crippen LogP contribution is -2.33. The van der Waals surface area contributed by atoms with Crippen LogP contribution in [0.3, 0.4) is 0 Å². The summed E-state index contributed by atoms with van der Waals surface area (Å²) in [5.41, 5.74) is 2.22. The lowest BCUT2D eigenvalue weighted by molar-refractivity contribution is 0.0932. The molecule has 1 aromatic heterocycles. The van der Waals surface area contributed by atoms with Crippen molar-refractivity contribution < 1.29 is 14.0 Å². The summed E-state index contributed by atoms with van der Waals surface area (Å²) in [6, 6.07) is 6.54. The molecule has 2 aromatic rings. The van der Waals surface area contributed by atoms with Crippen molar-refractivity contribution in [3.05, 3.63) is 53.0 Å². The number of carbonyl (C=O) groups is 2. The zero-order chi connectivity index (χ0) is 21.1. The highest BCUT2D eigenvalue weighted by molar-refractivity contribution is 5.96. The Morgan fingerprint density at radius 2 is 1.86 bits per heavy atom. The highest BCUT2D eigenvalue weighted by atomic mass is 19.1. The van der Waals surface area contributed by atoms with Gasteiger partial charge in [-0.05, 0) is 68.9 Å². The third-order valence-corrected chi connectivity index (χ3v) is 5.02. The normalized spacial score (nSPS) is 14.6. The summed E-state index contributed by atoms with van der Waals surface area (Å²) in [6.07, 6.45) is 4.31. The minimum Gasteiger partial charge on any atom is -0.350 e. The maximum Gasteiger partial charge on any atom is 0.253 e. The van der Waals surface area contributed by atoms with Crippen LogP contribution in [0.1, 0.15) is 66.3 Å². The maximum atomic E-state index is 14.4. The summed E-state index contributed by atoms with van der Waals surface area (Å²) in [5, 5.41) is 5.84. The van der Waals surface area contributed by atoms with Gasteiger partial charge in [0.05, 0.1) is 11.3 Å². The molecule has 29 heavy (non-hydrogen) atoms. The van der Waals surface area contributed by atoms with Crippen LogP contribution in [0.4, 0.5) is 4.39 Å². The maximum absolute atomic E-state index is 14.4. The Kier molecular flexibility index (Phi) is 6.30. The summed E-state index contributed by atoms with van der Waals surface area (Å²) < 4.78 is 14.4. The largest absolute Gasteiger partial charge is 0.350 e. The number of carbonyl (C=O) groups excluding carboxylic acids is 2. The Balaban J connectivity index is 1.79. The molecule has 1 atom stereocenters. The molecule has 1 unspecified atom stereocenters. The van der Waals surface area contributed by atoms with Gasteiger partial charge in [-0.15, -0.1) is 0 Å². The molecule has 1 aliphatic rings. The van der Waals surface area contributed by atoms with Gasteiger partial charge in [0.1, 0.15) is 5.82 Å². The monoisotopic (exact) mass is 397 g/mol. The Morgan fingerprint density at radius 3 is 2.45 bits per heavy atom. The number of nitrogens with one attached hydrogen (secondary N) is 2. The molecular formula is C23H28FN3O2. The van der Waals surface area contributed by atoms with Gasteiger partial charge in [0, 0.05) is 29.4 Å². The molecule has 154 valence electrons. The molecule has 1 fully saturated rings. The Labute approximate surface area is 171 Å². The smallest absolute Gasteiger partial charge is 0.253 e. The summed E-state index contributed by atoms with van der Waals surface area (Å²) in [6.45, 7) is 7.85. The van der Waals surface area contributed by atoms with Crippen molar-refractivity contribution in [3.63, 3.8) is 0 Å². The van der Waals surface area contributed by atoms with Crippen LogP contribution >= 0.6 is 0 Å². The van der Waals surface area contributed by atoms with Gasteiger partial charge in [0.25, 0.3) is 11.8 Å². The van der Waals surface area contributed by atoms with Gasteiger partial charge in [-0.25, -0.2) is 4.39 Å². The number of halogens is 1. The van der Waals surface area contributed by atoms with E-state index in [4.69, 9.17) is 0 Å². The predicted molar refractivity (Wildman–Crippen MR) is 111 cm³/mol. The van der Waals surface area contributed by atoms with E-state index in [1.165, 1.54) is 12.3 Å². The van der Waals surface area contributed by atoms with Gasteiger partial charge >= 0.3 is 0 Å². The molecule has 1 aliphatic carbocycles. The minimum atomic E-state index is -0.449. The molecule has 1 aromatic carbocycles. The van der Waals surface area contributed by atoms with E-state index in [0.29, 0.717) is 28.3 Å². The predicted octanol–water partition coefficient (Wildman–Crippen LogP) is 4.25. The number of aromatic nitrogens is 1. The summed E-state index contributed by atoms with van der Waals surface area (Å²) in [7, 11) is 0. The van der Waals surface area contributed by atoms with Crippen molar-refractivity contribution in [2.75, 3.05) is 0 Å². The molecule has 1 heterocycles. The quantitative estimate of drug-likeness (QED) is 0.734. The Hall–Kier alpha value is -2.76. The second kappa shape index (κ2) is 8.72. The first-order chi connectivity index (χ1) is 13.7. The second-order valence-corrected chi connectivity index (χ2v) is 8.31. The lowest BCUT2D eigenvalue weighted by atomic mass is 10.00. The van der Waals surface area contributed by atoms with Crippen LogP contribution in [0.25, 0.3) is 11.3 Å². The second-order valence-electron chi connectivity index (χ2n) is 8.31. The van der Waals surface area contributed by atoms with Crippen LogP contribution < -0.4 is 10.6 Å². The molecule has 0 spiro atoms. The van der Waals surface area contributed by atoms with E-state index < -0.39 is 5.82 Å². The molecule has 2 amide bonds. The van der Waals surface area contributed by atoms with Crippen molar-refractivity contribution in [1.29, 1.82) is 0 Å². The molecular weight excluding hydrogens is 369 g/mol. The van der Waals surface area contributed by atoms with E-state index in [-0.39, 0.29) is 29.5 Å². The fourth-order valence-corrected chi connectivity index (χ4v) is 3.33. The molecule has 1 saturated carbocycles. The van der Waals surface area contributed by atoms with Crippen molar-refractivity contribution in [3.8, 4) is 11.3 Å². The number of benzene rings is 1. The number of pyridine rings is 1. The van der Waals surface area contributed by atoms with Crippen LogP contribution in [-0.4, -0.2) is 28.9 Å². The molecule has 0 aliphatic heterocycles. The number of nitrogens with zero attached hydrogens (tertiary/aromatic N) is 1. The summed E-state index contributed by atoms with van der Waals surface area (Å²) in [5.74, 6) is -0.414. The zero-order valence-corrected chi connectivity index (χ0v) is 17.4. The highest BCUT2D eigenvalue weighted by Gasteiger charge is 2.24. The molecule has 2 N–H and O–H groups in total. The summed E-state index contributed by atoms with van der Waals surface area (Å²) >= 11 is 0. The van der Waals surface area contributed by atoms with Gasteiger partial charge in [-0.3, -0.25) is 14.6 Å². The van der Waals surface area contributed by atoms with Gasteiger partial charge < -0.3 is 10.6 Å². The first-order valence-electron chi connectivity index (χ1n) is 10.1. The van der Waals surface area contributed by atoms with Crippen molar-refractivity contribution >= 4 is 11.8 Å². The van der Waals surface area contributed by atoms with Gasteiger partial charge in [-0.1, -0.05) is 13.8 Å². The molecule has 6 heteroatoms. The van der Waals surface area contributed by atoms with E-state index in [0.717, 1.165) is 19.3 Å². The topological polar surface area (TPSA) is 71.1 Å². The summed E-state index contributed by atoms with van der Waals surface area (Å²) in [4.78, 5) is 29.1. The number of rotatable bonds is 7. The number of amides is 2. The van der Waals surface area contributed by atoms with E-state index in [1.54, 1.807) is 25.1 Å². The molecule has 5 nitrogen and oxygen atoms in total. The fraction of sp³-hybridized carbons (Fsp3) is 0.435. The zero-order valence-electron chi connectivity index (χ0n) is 17.4. The first-order valence-corrected chi connectivity index (χ1v) is 10.1. The molecule has 0 saturated heterocycles. The molecule has 0 bridgehead atoms. The van der Waals surface area contributed by atoms with Gasteiger partial charge in [0.2, 0.25) is 0 Å². The third-order valence-electron chi connectivity index (χ3n) is 5.02. The van der Waals surface area contributed by atoms with Crippen molar-refractivity contribution in [2.45, 2.75) is 59.0 Å². The van der Waals surface area contributed by atoms with Crippen LogP contribution in [0.2, 0.25) is 0 Å². The Morgan fingerprint density at radius 1 is 1.14 bits per heavy atom. The van der Waals surface area contributed by atoms with Gasteiger partial charge in [-0.2, -0.15) is 0 Å². The van der Waals surface area contributed by atoms with Gasteiger partial charge in [0.15, 0.2) is 0 Å². The van der Waals surface area contributed by atoms with Crippen LogP contribution in [0.5, 0.6) is 0 Å². The average molecular weight is 397 g/mol. The molecule has 3 rings (SSSR count). The van der Waals surface area contributed by atoms with Crippen molar-refractivity contribution in [2.24, 2.45) is 5.92 Å². The molecule has 0 radical (unpaired) electrons.